The van der Waals surface area contributed by atoms with Crippen molar-refractivity contribution in [2.24, 2.45) is 0 Å². The van der Waals surface area contributed by atoms with Crippen molar-refractivity contribution < 1.29 is 18.7 Å². The van der Waals surface area contributed by atoms with Gasteiger partial charge in [0.15, 0.2) is 0 Å². The summed E-state index contributed by atoms with van der Waals surface area (Å²) >= 11 is 3.22. The van der Waals surface area contributed by atoms with Crippen LogP contribution < -0.4 is 5.32 Å². The van der Waals surface area contributed by atoms with Crippen LogP contribution in [0.4, 0.5) is 8.78 Å². The van der Waals surface area contributed by atoms with Crippen molar-refractivity contribution in [2.45, 2.75) is 19.5 Å². The first-order valence-electron chi connectivity index (χ1n) is 4.92. The van der Waals surface area contributed by atoms with Gasteiger partial charge in [0.25, 0.3) is 12.3 Å². The Morgan fingerprint density at radius 1 is 1.53 bits per heavy atom. The SMILES string of the molecule is Cc1ccc(Br)cc1C(=O)NCC(O)C(F)F. The average Bonchev–Trinajstić information content (AvgIpc) is 2.28. The van der Waals surface area contributed by atoms with Crippen molar-refractivity contribution in [1.29, 1.82) is 0 Å². The van der Waals surface area contributed by atoms with Gasteiger partial charge >= 0.3 is 0 Å². The molecule has 0 radical (unpaired) electrons. The summed E-state index contributed by atoms with van der Waals surface area (Å²) in [5.74, 6) is -0.483. The number of halogens is 3. The Kier molecular flexibility index (Phi) is 5.02. The molecule has 1 rings (SSSR count). The van der Waals surface area contributed by atoms with Crippen LogP contribution in [0.3, 0.4) is 0 Å². The lowest BCUT2D eigenvalue weighted by atomic mass is 10.1. The molecule has 6 heteroatoms. The maximum absolute atomic E-state index is 12.0. The minimum atomic E-state index is -2.86. The summed E-state index contributed by atoms with van der Waals surface area (Å²) in [5.41, 5.74) is 1.12. The normalized spacial score (nSPS) is 12.6. The summed E-state index contributed by atoms with van der Waals surface area (Å²) in [6, 6.07) is 5.11. The third-order valence-electron chi connectivity index (χ3n) is 2.21. The molecular weight excluding hydrogens is 296 g/mol. The summed E-state index contributed by atoms with van der Waals surface area (Å²) in [5, 5.41) is 11.1. The molecule has 1 amide bonds. The number of alkyl halides is 2. The second-order valence-electron chi connectivity index (χ2n) is 3.57. The zero-order valence-electron chi connectivity index (χ0n) is 9.08. The number of amides is 1. The highest BCUT2D eigenvalue weighted by molar-refractivity contribution is 9.10. The molecule has 0 aliphatic rings. The topological polar surface area (TPSA) is 49.3 Å². The van der Waals surface area contributed by atoms with Crippen molar-refractivity contribution in [3.8, 4) is 0 Å². The molecule has 94 valence electrons. The second-order valence-corrected chi connectivity index (χ2v) is 4.49. The van der Waals surface area contributed by atoms with E-state index in [2.05, 4.69) is 21.2 Å². The summed E-state index contributed by atoms with van der Waals surface area (Å²) in [7, 11) is 0. The number of hydrogen-bond acceptors (Lipinski definition) is 2. The molecule has 1 aromatic rings. The predicted molar refractivity (Wildman–Crippen MR) is 63.2 cm³/mol. The quantitative estimate of drug-likeness (QED) is 0.895. The van der Waals surface area contributed by atoms with Crippen LogP contribution in [-0.2, 0) is 0 Å². The van der Waals surface area contributed by atoms with Crippen molar-refractivity contribution in [1.82, 2.24) is 5.32 Å². The lowest BCUT2D eigenvalue weighted by Gasteiger charge is -2.12. The van der Waals surface area contributed by atoms with Crippen LogP contribution in [0.1, 0.15) is 15.9 Å². The Morgan fingerprint density at radius 2 is 2.18 bits per heavy atom. The van der Waals surface area contributed by atoms with Crippen LogP contribution in [0.2, 0.25) is 0 Å². The van der Waals surface area contributed by atoms with E-state index in [-0.39, 0.29) is 0 Å². The first-order chi connectivity index (χ1) is 7.91. The number of hydrogen-bond donors (Lipinski definition) is 2. The number of aliphatic hydroxyl groups is 1. The molecule has 0 heterocycles. The minimum absolute atomic E-state index is 0.390. The highest BCUT2D eigenvalue weighted by atomic mass is 79.9. The van der Waals surface area contributed by atoms with Crippen molar-refractivity contribution >= 4 is 21.8 Å². The van der Waals surface area contributed by atoms with Crippen LogP contribution in [0.5, 0.6) is 0 Å². The Morgan fingerprint density at radius 3 is 2.76 bits per heavy atom. The molecule has 0 saturated heterocycles. The zero-order valence-corrected chi connectivity index (χ0v) is 10.7. The van der Waals surface area contributed by atoms with Gasteiger partial charge in [0.1, 0.15) is 6.10 Å². The van der Waals surface area contributed by atoms with Crippen LogP contribution >= 0.6 is 15.9 Å². The average molecular weight is 308 g/mol. The van der Waals surface area contributed by atoms with Crippen LogP contribution in [0, 0.1) is 6.92 Å². The van der Waals surface area contributed by atoms with Gasteiger partial charge in [0, 0.05) is 16.6 Å². The zero-order chi connectivity index (χ0) is 13.0. The fraction of sp³-hybridized carbons (Fsp3) is 0.364. The Hall–Kier alpha value is -1.01. The summed E-state index contributed by atoms with van der Waals surface area (Å²) < 4.78 is 24.8. The van der Waals surface area contributed by atoms with Gasteiger partial charge in [-0.1, -0.05) is 22.0 Å². The fourth-order valence-electron chi connectivity index (χ4n) is 1.22. The molecule has 0 aromatic heterocycles. The smallest absolute Gasteiger partial charge is 0.265 e. The van der Waals surface area contributed by atoms with Crippen LogP contribution in [-0.4, -0.2) is 30.1 Å². The number of aryl methyl sites for hydroxylation is 1. The molecule has 0 aliphatic carbocycles. The molecule has 0 bridgehead atoms. The van der Waals surface area contributed by atoms with Gasteiger partial charge in [-0.3, -0.25) is 4.79 Å². The van der Waals surface area contributed by atoms with E-state index >= 15 is 0 Å². The van der Waals surface area contributed by atoms with Crippen LogP contribution in [0.25, 0.3) is 0 Å². The molecule has 1 atom stereocenters. The first-order valence-corrected chi connectivity index (χ1v) is 5.71. The highest BCUT2D eigenvalue weighted by Gasteiger charge is 2.18. The number of benzene rings is 1. The van der Waals surface area contributed by atoms with E-state index in [1.807, 2.05) is 0 Å². The molecule has 2 N–H and O–H groups in total. The Labute approximate surface area is 106 Å². The molecule has 0 aliphatic heterocycles. The van der Waals surface area contributed by atoms with E-state index in [9.17, 15) is 13.6 Å². The fourth-order valence-corrected chi connectivity index (χ4v) is 1.58. The number of nitrogens with one attached hydrogen (secondary N) is 1. The van der Waals surface area contributed by atoms with Gasteiger partial charge in [-0.25, -0.2) is 8.78 Å². The maximum atomic E-state index is 12.0. The number of carbonyl (C=O) groups is 1. The molecule has 0 fully saturated rings. The van der Waals surface area contributed by atoms with Gasteiger partial charge in [0.2, 0.25) is 0 Å². The third kappa shape index (κ3) is 4.05. The number of aliphatic hydroxyl groups excluding tert-OH is 1. The molecular formula is C11H12BrF2NO2. The van der Waals surface area contributed by atoms with Gasteiger partial charge in [-0.2, -0.15) is 0 Å². The number of rotatable bonds is 4. The molecule has 0 spiro atoms. The van der Waals surface area contributed by atoms with E-state index < -0.39 is 25.0 Å². The van der Waals surface area contributed by atoms with Gasteiger partial charge < -0.3 is 10.4 Å². The first kappa shape index (κ1) is 14.1. The second kappa shape index (κ2) is 6.07. The van der Waals surface area contributed by atoms with E-state index in [1.165, 1.54) is 0 Å². The number of carbonyl (C=O) groups excluding carboxylic acids is 1. The lowest BCUT2D eigenvalue weighted by Crippen LogP contribution is -2.36. The summed E-state index contributed by atoms with van der Waals surface area (Å²) in [6.07, 6.45) is -4.70. The Bertz CT molecular complexity index is 412. The van der Waals surface area contributed by atoms with Crippen molar-refractivity contribution in [3.63, 3.8) is 0 Å². The largest absolute Gasteiger partial charge is 0.385 e. The predicted octanol–water partition coefficient (Wildman–Crippen LogP) is 2.11. The van der Waals surface area contributed by atoms with Crippen LogP contribution in [0.15, 0.2) is 22.7 Å². The summed E-state index contributed by atoms with van der Waals surface area (Å²) in [6.45, 7) is 1.27. The molecule has 17 heavy (non-hydrogen) atoms. The van der Waals surface area contributed by atoms with E-state index in [1.54, 1.807) is 25.1 Å². The van der Waals surface area contributed by atoms with Gasteiger partial charge in [0.05, 0.1) is 0 Å². The maximum Gasteiger partial charge on any atom is 0.265 e. The van der Waals surface area contributed by atoms with Crippen molar-refractivity contribution in [3.05, 3.63) is 33.8 Å². The molecule has 3 nitrogen and oxygen atoms in total. The standard InChI is InChI=1S/C11H12BrF2NO2/c1-6-2-3-7(12)4-8(6)11(17)15-5-9(16)10(13)14/h2-4,9-10,16H,5H2,1H3,(H,15,17). The summed E-state index contributed by atoms with van der Waals surface area (Å²) in [4.78, 5) is 11.7. The van der Waals surface area contributed by atoms with Crippen molar-refractivity contribution in [2.75, 3.05) is 6.54 Å². The molecule has 1 aromatic carbocycles. The van der Waals surface area contributed by atoms with Gasteiger partial charge in [-0.05, 0) is 24.6 Å². The lowest BCUT2D eigenvalue weighted by molar-refractivity contribution is -0.00270. The Balaban J connectivity index is 2.67. The van der Waals surface area contributed by atoms with Gasteiger partial charge in [-0.15, -0.1) is 0 Å². The third-order valence-corrected chi connectivity index (χ3v) is 2.70. The van der Waals surface area contributed by atoms with E-state index in [0.717, 1.165) is 10.0 Å². The highest BCUT2D eigenvalue weighted by Crippen LogP contribution is 2.15. The van der Waals surface area contributed by atoms with E-state index in [0.29, 0.717) is 5.56 Å². The molecule has 1 unspecified atom stereocenters. The minimum Gasteiger partial charge on any atom is -0.385 e. The molecule has 0 saturated carbocycles. The van der Waals surface area contributed by atoms with E-state index in [4.69, 9.17) is 5.11 Å². The monoisotopic (exact) mass is 307 g/mol.